The number of rotatable bonds is 6. The fourth-order valence-corrected chi connectivity index (χ4v) is 5.04. The summed E-state index contributed by atoms with van der Waals surface area (Å²) in [4.78, 5) is 19.8. The van der Waals surface area contributed by atoms with Gasteiger partial charge in [-0.3, -0.25) is 4.79 Å². The smallest absolute Gasteiger partial charge is 0.271 e. The second kappa shape index (κ2) is 9.53. The number of anilines is 1. The van der Waals surface area contributed by atoms with Crippen LogP contribution in [-0.2, 0) is 6.54 Å². The van der Waals surface area contributed by atoms with E-state index in [9.17, 15) is 18.7 Å². The molecule has 0 aliphatic carbocycles. The highest BCUT2D eigenvalue weighted by atomic mass is 32.2. The standard InChI is InChI=1S/C25H23F2N5O2S/c1-35-22-6-5-16(26)10-19(22)20-11-17(27)14-31(20)24-8-7-23-28-13-21(32(23)30-24)25(34)29-12-15-3-2-4-18(33)9-15/h2-10,13,17,20,33H,11-12,14H2,1H3,(H,29,34)/t17-,20+/m0/s1. The van der Waals surface area contributed by atoms with Gasteiger partial charge in [-0.2, -0.15) is 0 Å². The third-order valence-corrected chi connectivity index (χ3v) is 6.85. The van der Waals surface area contributed by atoms with Crippen LogP contribution in [0.4, 0.5) is 14.6 Å². The van der Waals surface area contributed by atoms with Crippen LogP contribution < -0.4 is 10.2 Å². The Morgan fingerprint density at radius 3 is 2.89 bits per heavy atom. The van der Waals surface area contributed by atoms with Crippen molar-refractivity contribution in [1.29, 1.82) is 0 Å². The van der Waals surface area contributed by atoms with Gasteiger partial charge in [0.05, 0.1) is 18.8 Å². The van der Waals surface area contributed by atoms with E-state index in [4.69, 9.17) is 0 Å². The number of phenolic OH excluding ortho intramolecular Hbond substituents is 1. The van der Waals surface area contributed by atoms with Crippen molar-refractivity contribution in [3.8, 4) is 5.75 Å². The number of hydrogen-bond acceptors (Lipinski definition) is 6. The van der Waals surface area contributed by atoms with E-state index in [2.05, 4.69) is 15.4 Å². The number of nitrogens with one attached hydrogen (secondary N) is 1. The number of thioether (sulfide) groups is 1. The van der Waals surface area contributed by atoms with Gasteiger partial charge in [0.1, 0.15) is 23.6 Å². The lowest BCUT2D eigenvalue weighted by Crippen LogP contribution is -2.27. The van der Waals surface area contributed by atoms with Crippen LogP contribution in [0.1, 0.15) is 34.1 Å². The van der Waals surface area contributed by atoms with Crippen LogP contribution in [0.3, 0.4) is 0 Å². The summed E-state index contributed by atoms with van der Waals surface area (Å²) in [5, 5.41) is 17.0. The molecule has 180 valence electrons. The van der Waals surface area contributed by atoms with Crippen LogP contribution in [0.15, 0.2) is 65.7 Å². The Hall–Kier alpha value is -3.66. The Morgan fingerprint density at radius 1 is 1.23 bits per heavy atom. The molecule has 1 fully saturated rings. The van der Waals surface area contributed by atoms with Gasteiger partial charge in [-0.1, -0.05) is 12.1 Å². The molecule has 2 atom stereocenters. The molecule has 7 nitrogen and oxygen atoms in total. The summed E-state index contributed by atoms with van der Waals surface area (Å²) < 4.78 is 30.1. The molecule has 1 amide bonds. The van der Waals surface area contributed by atoms with Crippen LogP contribution in [0.2, 0.25) is 0 Å². The molecule has 1 aliphatic heterocycles. The van der Waals surface area contributed by atoms with Crippen molar-refractivity contribution in [1.82, 2.24) is 19.9 Å². The zero-order chi connectivity index (χ0) is 24.5. The predicted octanol–water partition coefficient (Wildman–Crippen LogP) is 4.52. The minimum absolute atomic E-state index is 0.112. The van der Waals surface area contributed by atoms with Gasteiger partial charge >= 0.3 is 0 Å². The first-order valence-electron chi connectivity index (χ1n) is 11.1. The molecule has 2 N–H and O–H groups in total. The molecule has 1 aliphatic rings. The normalized spacial score (nSPS) is 17.7. The second-order valence-corrected chi connectivity index (χ2v) is 9.19. The fraction of sp³-hybridized carbons (Fsp3) is 0.240. The number of benzene rings is 2. The first-order chi connectivity index (χ1) is 16.9. The Morgan fingerprint density at radius 2 is 2.09 bits per heavy atom. The summed E-state index contributed by atoms with van der Waals surface area (Å²) >= 11 is 1.48. The molecule has 2 aromatic carbocycles. The lowest BCUT2D eigenvalue weighted by Gasteiger charge is -2.27. The van der Waals surface area contributed by atoms with Gasteiger partial charge in [0.2, 0.25) is 0 Å². The maximum absolute atomic E-state index is 14.6. The summed E-state index contributed by atoms with van der Waals surface area (Å²) in [7, 11) is 0. The Labute approximate surface area is 204 Å². The quantitative estimate of drug-likeness (QED) is 0.383. The minimum Gasteiger partial charge on any atom is -0.508 e. The van der Waals surface area contributed by atoms with Crippen molar-refractivity contribution in [2.24, 2.45) is 0 Å². The first-order valence-corrected chi connectivity index (χ1v) is 12.3. The van der Waals surface area contributed by atoms with Crippen molar-refractivity contribution in [3.05, 3.63) is 83.4 Å². The fourth-order valence-electron chi connectivity index (χ4n) is 4.41. The predicted molar refractivity (Wildman–Crippen MR) is 130 cm³/mol. The second-order valence-electron chi connectivity index (χ2n) is 8.34. The van der Waals surface area contributed by atoms with E-state index in [0.29, 0.717) is 17.0 Å². The number of aromatic hydroxyl groups is 1. The molecule has 5 rings (SSSR count). The third-order valence-electron chi connectivity index (χ3n) is 6.04. The van der Waals surface area contributed by atoms with Gasteiger partial charge in [-0.05, 0) is 59.8 Å². The molecule has 4 aromatic rings. The largest absolute Gasteiger partial charge is 0.508 e. The van der Waals surface area contributed by atoms with E-state index in [1.54, 1.807) is 42.5 Å². The van der Waals surface area contributed by atoms with Crippen LogP contribution in [-0.4, -0.2) is 44.6 Å². The number of carbonyl (C=O) groups is 1. The average molecular weight is 496 g/mol. The summed E-state index contributed by atoms with van der Waals surface area (Å²) in [6.07, 6.45) is 2.46. The molecule has 35 heavy (non-hydrogen) atoms. The zero-order valence-corrected chi connectivity index (χ0v) is 19.7. The van der Waals surface area contributed by atoms with Gasteiger partial charge in [-0.25, -0.2) is 18.3 Å². The number of fused-ring (bicyclic) bond motifs is 1. The molecule has 0 spiro atoms. The average Bonchev–Trinajstić information content (AvgIpc) is 3.45. The SMILES string of the molecule is CSc1ccc(F)cc1[C@H]1C[C@H](F)CN1c1ccc2ncc(C(=O)NCc3cccc(O)c3)n2n1. The number of alkyl halides is 1. The van der Waals surface area contributed by atoms with Crippen molar-refractivity contribution in [2.75, 3.05) is 17.7 Å². The van der Waals surface area contributed by atoms with Gasteiger partial charge in [0.15, 0.2) is 11.3 Å². The monoisotopic (exact) mass is 495 g/mol. The van der Waals surface area contributed by atoms with E-state index >= 15 is 0 Å². The first kappa shape index (κ1) is 23.1. The number of hydrogen-bond donors (Lipinski definition) is 2. The van der Waals surface area contributed by atoms with Crippen LogP contribution in [0, 0.1) is 5.82 Å². The Kier molecular flexibility index (Phi) is 6.29. The minimum atomic E-state index is -1.09. The zero-order valence-electron chi connectivity index (χ0n) is 18.9. The maximum atomic E-state index is 14.6. The lowest BCUT2D eigenvalue weighted by atomic mass is 10.0. The molecular weight excluding hydrogens is 472 g/mol. The molecule has 0 radical (unpaired) electrons. The molecule has 1 saturated heterocycles. The topological polar surface area (TPSA) is 82.8 Å². The van der Waals surface area contributed by atoms with Crippen molar-refractivity contribution in [2.45, 2.75) is 30.1 Å². The van der Waals surface area contributed by atoms with Crippen molar-refractivity contribution in [3.63, 3.8) is 0 Å². The number of aromatic nitrogens is 3. The highest BCUT2D eigenvalue weighted by molar-refractivity contribution is 7.98. The molecule has 3 heterocycles. The summed E-state index contributed by atoms with van der Waals surface area (Å²) in [5.74, 6) is -0.170. The Bertz CT molecular complexity index is 1400. The summed E-state index contributed by atoms with van der Waals surface area (Å²) in [6.45, 7) is 0.330. The maximum Gasteiger partial charge on any atom is 0.271 e. The third kappa shape index (κ3) is 4.66. The van der Waals surface area contributed by atoms with Gasteiger partial charge < -0.3 is 15.3 Å². The number of amides is 1. The molecule has 2 aromatic heterocycles. The summed E-state index contributed by atoms with van der Waals surface area (Å²) in [6, 6.07) is 14.3. The number of carbonyl (C=O) groups excluding carboxylic acids is 1. The molecular formula is C25H23F2N5O2S. The Balaban J connectivity index is 1.44. The van der Waals surface area contributed by atoms with Crippen LogP contribution in [0.5, 0.6) is 5.75 Å². The van der Waals surface area contributed by atoms with Crippen molar-refractivity contribution >= 4 is 29.1 Å². The van der Waals surface area contributed by atoms with E-state index in [1.165, 1.54) is 34.6 Å². The molecule has 0 unspecified atom stereocenters. The van der Waals surface area contributed by atoms with Gasteiger partial charge in [0, 0.05) is 17.9 Å². The number of nitrogens with zero attached hydrogens (tertiary/aromatic N) is 4. The van der Waals surface area contributed by atoms with E-state index in [1.807, 2.05) is 11.2 Å². The van der Waals surface area contributed by atoms with E-state index in [0.717, 1.165) is 10.5 Å². The lowest BCUT2D eigenvalue weighted by molar-refractivity contribution is 0.0944. The number of halogens is 2. The van der Waals surface area contributed by atoms with Crippen LogP contribution in [0.25, 0.3) is 5.65 Å². The van der Waals surface area contributed by atoms with Gasteiger partial charge in [-0.15, -0.1) is 16.9 Å². The number of imidazole rings is 1. The van der Waals surface area contributed by atoms with Crippen molar-refractivity contribution < 1.29 is 18.7 Å². The van der Waals surface area contributed by atoms with E-state index in [-0.39, 0.29) is 48.7 Å². The van der Waals surface area contributed by atoms with Gasteiger partial charge in [0.25, 0.3) is 5.91 Å². The van der Waals surface area contributed by atoms with E-state index < -0.39 is 6.17 Å². The molecule has 0 saturated carbocycles. The highest BCUT2D eigenvalue weighted by Crippen LogP contribution is 2.40. The summed E-state index contributed by atoms with van der Waals surface area (Å²) in [5.41, 5.74) is 2.16. The van der Waals surface area contributed by atoms with Crippen LogP contribution >= 0.6 is 11.8 Å². The highest BCUT2D eigenvalue weighted by Gasteiger charge is 2.36. The number of phenols is 1. The molecule has 0 bridgehead atoms. The molecule has 10 heteroatoms.